The van der Waals surface area contributed by atoms with Crippen LogP contribution in [0.5, 0.6) is 11.5 Å². The van der Waals surface area contributed by atoms with Crippen LogP contribution in [0.4, 0.5) is 0 Å². The summed E-state index contributed by atoms with van der Waals surface area (Å²) in [4.78, 5) is 10.8. The summed E-state index contributed by atoms with van der Waals surface area (Å²) in [5.74, 6) is -0.180. The molecule has 0 aromatic heterocycles. The Balaban J connectivity index is 2.93. The summed E-state index contributed by atoms with van der Waals surface area (Å²) >= 11 is 0. The van der Waals surface area contributed by atoms with Gasteiger partial charge in [-0.15, -0.1) is 0 Å². The van der Waals surface area contributed by atoms with Gasteiger partial charge in [0, 0.05) is 6.54 Å². The molecule has 1 atom stereocenters. The Labute approximate surface area is 100 Å². The van der Waals surface area contributed by atoms with Crippen molar-refractivity contribution in [3.05, 3.63) is 23.8 Å². The molecule has 3 N–H and O–H groups in total. The minimum absolute atomic E-state index is 0.0893. The number of carbonyl (C=O) groups is 1. The first-order valence-electron chi connectivity index (χ1n) is 5.38. The number of ether oxygens (including phenoxy) is 2. The summed E-state index contributed by atoms with van der Waals surface area (Å²) in [5, 5.41) is 8.85. The first kappa shape index (κ1) is 13.3. The molecule has 1 aromatic carbocycles. The summed E-state index contributed by atoms with van der Waals surface area (Å²) in [5.41, 5.74) is 6.41. The second-order valence-corrected chi connectivity index (χ2v) is 3.52. The van der Waals surface area contributed by atoms with Gasteiger partial charge in [-0.25, -0.2) is 4.79 Å². The summed E-state index contributed by atoms with van der Waals surface area (Å²) < 4.78 is 10.5. The van der Waals surface area contributed by atoms with Gasteiger partial charge in [-0.3, -0.25) is 0 Å². The zero-order valence-corrected chi connectivity index (χ0v) is 9.97. The molecule has 5 nitrogen and oxygen atoms in total. The molecule has 0 spiro atoms. The monoisotopic (exact) mass is 239 g/mol. The predicted molar refractivity (Wildman–Crippen MR) is 63.5 cm³/mol. The highest BCUT2D eigenvalue weighted by molar-refractivity contribution is 5.73. The number of rotatable bonds is 6. The van der Waals surface area contributed by atoms with Crippen LogP contribution in [-0.2, 0) is 11.2 Å². The molecule has 0 heterocycles. The Bertz CT molecular complexity index is 392. The number of benzene rings is 1. The van der Waals surface area contributed by atoms with Gasteiger partial charge in [-0.1, -0.05) is 13.0 Å². The molecule has 0 aliphatic rings. The van der Waals surface area contributed by atoms with Crippen LogP contribution in [-0.4, -0.2) is 30.8 Å². The van der Waals surface area contributed by atoms with Crippen molar-refractivity contribution >= 4 is 5.97 Å². The second-order valence-electron chi connectivity index (χ2n) is 3.52. The predicted octanol–water partition coefficient (Wildman–Crippen LogP) is 1.05. The van der Waals surface area contributed by atoms with Crippen LogP contribution in [0.25, 0.3) is 0 Å². The fraction of sp³-hybridized carbons (Fsp3) is 0.417. The molecule has 5 heteroatoms. The molecule has 0 bridgehead atoms. The third kappa shape index (κ3) is 3.35. The van der Waals surface area contributed by atoms with E-state index >= 15 is 0 Å². The minimum Gasteiger partial charge on any atom is -0.493 e. The van der Waals surface area contributed by atoms with Crippen LogP contribution in [0.2, 0.25) is 0 Å². The average molecular weight is 239 g/mol. The van der Waals surface area contributed by atoms with Crippen LogP contribution in [0.1, 0.15) is 12.5 Å². The number of aliphatic carboxylic acids is 1. The summed E-state index contributed by atoms with van der Waals surface area (Å²) in [6.45, 7) is 1.93. The molecule has 1 rings (SSSR count). The largest absolute Gasteiger partial charge is 0.493 e. The third-order valence-corrected chi connectivity index (χ3v) is 2.40. The lowest BCUT2D eigenvalue weighted by molar-refractivity contribution is -0.144. The van der Waals surface area contributed by atoms with Crippen LogP contribution in [0.15, 0.2) is 18.2 Å². The van der Waals surface area contributed by atoms with Gasteiger partial charge in [-0.2, -0.15) is 0 Å². The molecule has 94 valence electrons. The van der Waals surface area contributed by atoms with Crippen molar-refractivity contribution in [1.29, 1.82) is 0 Å². The van der Waals surface area contributed by atoms with Crippen LogP contribution in [0.3, 0.4) is 0 Å². The van der Waals surface area contributed by atoms with Gasteiger partial charge in [0.25, 0.3) is 0 Å². The van der Waals surface area contributed by atoms with Crippen molar-refractivity contribution in [1.82, 2.24) is 0 Å². The first-order valence-corrected chi connectivity index (χ1v) is 5.38. The van der Waals surface area contributed by atoms with Crippen molar-refractivity contribution in [2.24, 2.45) is 5.73 Å². The molecule has 0 saturated heterocycles. The van der Waals surface area contributed by atoms with Gasteiger partial charge in [0.05, 0.1) is 7.11 Å². The van der Waals surface area contributed by atoms with Crippen LogP contribution in [0, 0.1) is 0 Å². The number of nitrogens with two attached hydrogens (primary N) is 1. The average Bonchev–Trinajstić information content (AvgIpc) is 2.35. The van der Waals surface area contributed by atoms with E-state index in [2.05, 4.69) is 0 Å². The highest BCUT2D eigenvalue weighted by Crippen LogP contribution is 2.29. The van der Waals surface area contributed by atoms with E-state index in [9.17, 15) is 4.79 Å². The number of methoxy groups -OCH3 is 1. The highest BCUT2D eigenvalue weighted by Gasteiger charge is 2.19. The van der Waals surface area contributed by atoms with E-state index in [4.69, 9.17) is 20.3 Å². The summed E-state index contributed by atoms with van der Waals surface area (Å²) in [6, 6.07) is 5.39. The topological polar surface area (TPSA) is 81.8 Å². The van der Waals surface area contributed by atoms with Crippen LogP contribution >= 0.6 is 0 Å². The highest BCUT2D eigenvalue weighted by atomic mass is 16.5. The maximum absolute atomic E-state index is 10.8. The molecule has 0 aliphatic heterocycles. The Morgan fingerprint density at radius 1 is 1.47 bits per heavy atom. The van der Waals surface area contributed by atoms with Gasteiger partial charge >= 0.3 is 5.97 Å². The van der Waals surface area contributed by atoms with Gasteiger partial charge in [0.1, 0.15) is 0 Å². The normalized spacial score (nSPS) is 11.9. The maximum atomic E-state index is 10.8. The zero-order chi connectivity index (χ0) is 12.8. The second kappa shape index (κ2) is 6.10. The van der Waals surface area contributed by atoms with E-state index in [1.54, 1.807) is 6.07 Å². The van der Waals surface area contributed by atoms with Crippen molar-refractivity contribution in [2.75, 3.05) is 13.7 Å². The van der Waals surface area contributed by atoms with Crippen molar-refractivity contribution in [3.63, 3.8) is 0 Å². The number of aryl methyl sites for hydroxylation is 1. The lowest BCUT2D eigenvalue weighted by atomic mass is 10.1. The molecule has 1 aromatic rings. The molecule has 0 saturated carbocycles. The van der Waals surface area contributed by atoms with Gasteiger partial charge in [-0.05, 0) is 24.1 Å². The fourth-order valence-electron chi connectivity index (χ4n) is 1.38. The first-order chi connectivity index (χ1) is 8.12. The van der Waals surface area contributed by atoms with Crippen molar-refractivity contribution < 1.29 is 19.4 Å². The lowest BCUT2D eigenvalue weighted by Crippen LogP contribution is -2.34. The van der Waals surface area contributed by atoms with Gasteiger partial charge in [0.15, 0.2) is 11.5 Å². The molecule has 0 aliphatic carbocycles. The van der Waals surface area contributed by atoms with E-state index in [1.807, 2.05) is 19.1 Å². The Morgan fingerprint density at radius 3 is 2.65 bits per heavy atom. The quantitative estimate of drug-likeness (QED) is 0.775. The Hall–Kier alpha value is -1.75. The third-order valence-electron chi connectivity index (χ3n) is 2.40. The molecule has 0 fully saturated rings. The zero-order valence-electron chi connectivity index (χ0n) is 9.97. The van der Waals surface area contributed by atoms with Crippen molar-refractivity contribution in [3.8, 4) is 11.5 Å². The van der Waals surface area contributed by atoms with E-state index in [1.165, 1.54) is 7.11 Å². The number of carboxylic acids is 1. The number of hydrogen-bond donors (Lipinski definition) is 2. The maximum Gasteiger partial charge on any atom is 0.346 e. The summed E-state index contributed by atoms with van der Waals surface area (Å²) in [6.07, 6.45) is -0.188. The lowest BCUT2D eigenvalue weighted by Gasteiger charge is -2.16. The molecule has 0 amide bonds. The summed E-state index contributed by atoms with van der Waals surface area (Å²) in [7, 11) is 1.51. The minimum atomic E-state index is -1.09. The standard InChI is InChI=1S/C12H17NO4/c1-3-8-4-5-9(10(6-8)16-2)17-11(7-13)12(14)15/h4-6,11H,3,7,13H2,1-2H3,(H,14,15). The van der Waals surface area contributed by atoms with Crippen molar-refractivity contribution in [2.45, 2.75) is 19.4 Å². The molecule has 1 unspecified atom stereocenters. The smallest absolute Gasteiger partial charge is 0.346 e. The Kier molecular flexibility index (Phi) is 4.78. The SMILES string of the molecule is CCc1ccc(OC(CN)C(=O)O)c(OC)c1. The van der Waals surface area contributed by atoms with Crippen LogP contribution < -0.4 is 15.2 Å². The molecule has 17 heavy (non-hydrogen) atoms. The van der Waals surface area contributed by atoms with Gasteiger partial charge < -0.3 is 20.3 Å². The molecular formula is C12H17NO4. The number of carboxylic acid groups (broad SMARTS) is 1. The van der Waals surface area contributed by atoms with E-state index < -0.39 is 12.1 Å². The van der Waals surface area contributed by atoms with E-state index in [0.717, 1.165) is 12.0 Å². The molecule has 0 radical (unpaired) electrons. The van der Waals surface area contributed by atoms with Gasteiger partial charge in [0.2, 0.25) is 6.10 Å². The van der Waals surface area contributed by atoms with E-state index in [-0.39, 0.29) is 6.54 Å². The van der Waals surface area contributed by atoms with E-state index in [0.29, 0.717) is 11.5 Å². The number of hydrogen-bond acceptors (Lipinski definition) is 4. The Morgan fingerprint density at radius 2 is 2.18 bits per heavy atom. The fourth-order valence-corrected chi connectivity index (χ4v) is 1.38. The molecular weight excluding hydrogens is 222 g/mol.